The second-order valence-electron chi connectivity index (χ2n) is 7.37. The van der Waals surface area contributed by atoms with Crippen molar-refractivity contribution < 1.29 is 22.7 Å². The number of aliphatic imine (C=N–C) groups is 1. The Balaban J connectivity index is 0.00000385. The second kappa shape index (κ2) is 12.2. The maximum absolute atomic E-state index is 13.1. The first-order valence-electron chi connectivity index (χ1n) is 10.4. The number of nitrogens with one attached hydrogen (secondary N) is 2. The van der Waals surface area contributed by atoms with Crippen LogP contribution in [0.15, 0.2) is 53.5 Å². The predicted molar refractivity (Wildman–Crippen MR) is 132 cm³/mol. The molecular weight excluding hydrogens is 548 g/mol. The molecular formula is C23H28F3IN4O2. The highest BCUT2D eigenvalue weighted by molar-refractivity contribution is 14.0. The monoisotopic (exact) mass is 576 g/mol. The van der Waals surface area contributed by atoms with E-state index in [1.165, 1.54) is 6.07 Å². The standard InChI is InChI=1S/C23H27F3N4O2.HI/c1-3-28-22(29-14-16-7-9-17(10-8-16)21(31)27-2)30-11-12-32-20(15-30)18-5-4-6-19(13-18)23(24,25)26;/h4-10,13,20H,3,11-12,14-15H2,1-2H3,(H,27,31)(H,28,29);1H. The summed E-state index contributed by atoms with van der Waals surface area (Å²) in [5, 5.41) is 5.83. The molecule has 0 aliphatic carbocycles. The average Bonchev–Trinajstić information content (AvgIpc) is 2.81. The topological polar surface area (TPSA) is 66.0 Å². The molecule has 1 fully saturated rings. The van der Waals surface area contributed by atoms with Gasteiger partial charge in [-0.2, -0.15) is 13.2 Å². The fraction of sp³-hybridized carbons (Fsp3) is 0.391. The quantitative estimate of drug-likeness (QED) is 0.318. The average molecular weight is 576 g/mol. The summed E-state index contributed by atoms with van der Waals surface area (Å²) >= 11 is 0. The van der Waals surface area contributed by atoms with Crippen LogP contribution in [0.2, 0.25) is 0 Å². The van der Waals surface area contributed by atoms with E-state index in [1.54, 1.807) is 25.2 Å². The summed E-state index contributed by atoms with van der Waals surface area (Å²) in [6.07, 6.45) is -4.88. The van der Waals surface area contributed by atoms with Crippen molar-refractivity contribution >= 4 is 35.8 Å². The van der Waals surface area contributed by atoms with Crippen LogP contribution in [0.25, 0.3) is 0 Å². The fourth-order valence-corrected chi connectivity index (χ4v) is 3.46. The summed E-state index contributed by atoms with van der Waals surface area (Å²) in [5.41, 5.74) is 1.32. The van der Waals surface area contributed by atoms with Gasteiger partial charge in [0.15, 0.2) is 5.96 Å². The zero-order chi connectivity index (χ0) is 23.1. The van der Waals surface area contributed by atoms with Crippen LogP contribution in [0, 0.1) is 0 Å². The van der Waals surface area contributed by atoms with E-state index < -0.39 is 17.8 Å². The molecule has 0 bridgehead atoms. The molecule has 33 heavy (non-hydrogen) atoms. The summed E-state index contributed by atoms with van der Waals surface area (Å²) in [4.78, 5) is 18.4. The third-order valence-electron chi connectivity index (χ3n) is 5.14. The molecule has 0 radical (unpaired) electrons. The number of carbonyl (C=O) groups excluding carboxylic acids is 1. The molecule has 2 N–H and O–H groups in total. The first-order chi connectivity index (χ1) is 15.3. The van der Waals surface area contributed by atoms with Gasteiger partial charge in [-0.15, -0.1) is 24.0 Å². The number of hydrogen-bond acceptors (Lipinski definition) is 3. The number of hydrogen-bond donors (Lipinski definition) is 2. The van der Waals surface area contributed by atoms with Gasteiger partial charge in [0, 0.05) is 25.7 Å². The van der Waals surface area contributed by atoms with Crippen molar-refractivity contribution in [1.29, 1.82) is 0 Å². The van der Waals surface area contributed by atoms with E-state index in [2.05, 4.69) is 15.6 Å². The molecule has 1 aliphatic heterocycles. The van der Waals surface area contributed by atoms with Crippen molar-refractivity contribution in [3.63, 3.8) is 0 Å². The number of ether oxygens (including phenoxy) is 1. The van der Waals surface area contributed by atoms with Crippen molar-refractivity contribution in [2.75, 3.05) is 33.3 Å². The SMILES string of the molecule is CCNC(=NCc1ccc(C(=O)NC)cc1)N1CCOC(c2cccc(C(F)(F)F)c2)C1.I. The van der Waals surface area contributed by atoms with Gasteiger partial charge in [0.25, 0.3) is 5.91 Å². The maximum Gasteiger partial charge on any atom is 0.416 e. The van der Waals surface area contributed by atoms with Gasteiger partial charge in [0.2, 0.25) is 0 Å². The van der Waals surface area contributed by atoms with Gasteiger partial charge in [-0.1, -0.05) is 24.3 Å². The number of morpholine rings is 1. The third-order valence-corrected chi connectivity index (χ3v) is 5.14. The number of rotatable bonds is 5. The minimum absolute atomic E-state index is 0. The molecule has 1 saturated heterocycles. The van der Waals surface area contributed by atoms with E-state index in [0.29, 0.717) is 49.9 Å². The van der Waals surface area contributed by atoms with Crippen LogP contribution in [0.4, 0.5) is 13.2 Å². The Kier molecular flexibility index (Phi) is 9.96. The minimum atomic E-state index is -4.39. The molecule has 180 valence electrons. The Hall–Kier alpha value is -2.34. The molecule has 0 aromatic heterocycles. The van der Waals surface area contributed by atoms with Gasteiger partial charge in [-0.25, -0.2) is 4.99 Å². The first kappa shape index (κ1) is 26.9. The van der Waals surface area contributed by atoms with Gasteiger partial charge in [0.1, 0.15) is 6.10 Å². The number of benzene rings is 2. The molecule has 6 nitrogen and oxygen atoms in total. The van der Waals surface area contributed by atoms with E-state index in [4.69, 9.17) is 4.74 Å². The smallest absolute Gasteiger partial charge is 0.370 e. The lowest BCUT2D eigenvalue weighted by atomic mass is 10.0. The highest BCUT2D eigenvalue weighted by Crippen LogP contribution is 2.32. The summed E-state index contributed by atoms with van der Waals surface area (Å²) in [6.45, 7) is 4.37. The molecule has 2 aromatic carbocycles. The number of amides is 1. The highest BCUT2D eigenvalue weighted by Gasteiger charge is 2.32. The van der Waals surface area contributed by atoms with Crippen molar-refractivity contribution in [3.8, 4) is 0 Å². The van der Waals surface area contributed by atoms with Gasteiger partial charge >= 0.3 is 6.18 Å². The first-order valence-corrected chi connectivity index (χ1v) is 10.4. The molecule has 1 atom stereocenters. The zero-order valence-corrected chi connectivity index (χ0v) is 20.8. The summed E-state index contributed by atoms with van der Waals surface area (Å²) in [6, 6.07) is 12.5. The van der Waals surface area contributed by atoms with E-state index in [1.807, 2.05) is 24.0 Å². The van der Waals surface area contributed by atoms with Crippen LogP contribution in [0.1, 0.15) is 40.1 Å². The van der Waals surface area contributed by atoms with Gasteiger partial charge in [0.05, 0.1) is 25.3 Å². The van der Waals surface area contributed by atoms with E-state index in [-0.39, 0.29) is 29.9 Å². The maximum atomic E-state index is 13.1. The summed E-state index contributed by atoms with van der Waals surface area (Å²) in [7, 11) is 1.58. The molecule has 0 saturated carbocycles. The van der Waals surface area contributed by atoms with Crippen LogP contribution in [-0.4, -0.2) is 50.1 Å². The number of nitrogens with zero attached hydrogens (tertiary/aromatic N) is 2. The minimum Gasteiger partial charge on any atom is -0.370 e. The number of alkyl halides is 3. The molecule has 10 heteroatoms. The van der Waals surface area contributed by atoms with Crippen LogP contribution in [-0.2, 0) is 17.5 Å². The number of guanidine groups is 1. The third kappa shape index (κ3) is 7.32. The van der Waals surface area contributed by atoms with E-state index in [0.717, 1.165) is 17.7 Å². The number of carbonyl (C=O) groups is 1. The normalized spacial score (nSPS) is 16.7. The number of halogens is 4. The van der Waals surface area contributed by atoms with Crippen molar-refractivity contribution in [2.45, 2.75) is 25.7 Å². The Morgan fingerprint density at radius 3 is 2.58 bits per heavy atom. The largest absolute Gasteiger partial charge is 0.416 e. The van der Waals surface area contributed by atoms with E-state index in [9.17, 15) is 18.0 Å². The Morgan fingerprint density at radius 2 is 1.94 bits per heavy atom. The second-order valence-corrected chi connectivity index (χ2v) is 7.37. The van der Waals surface area contributed by atoms with E-state index >= 15 is 0 Å². The molecule has 3 rings (SSSR count). The summed E-state index contributed by atoms with van der Waals surface area (Å²) in [5.74, 6) is 0.519. The van der Waals surface area contributed by atoms with Gasteiger partial charge in [-0.3, -0.25) is 4.79 Å². The van der Waals surface area contributed by atoms with Crippen LogP contribution in [0.3, 0.4) is 0 Å². The lowest BCUT2D eigenvalue weighted by Crippen LogP contribution is -2.48. The van der Waals surface area contributed by atoms with Crippen LogP contribution in [0.5, 0.6) is 0 Å². The Labute approximate surface area is 208 Å². The Bertz CT molecular complexity index is 951. The van der Waals surface area contributed by atoms with Crippen molar-refractivity contribution in [3.05, 3.63) is 70.8 Å². The molecule has 1 heterocycles. The Morgan fingerprint density at radius 1 is 1.21 bits per heavy atom. The molecule has 2 aromatic rings. The van der Waals surface area contributed by atoms with Gasteiger partial charge < -0.3 is 20.3 Å². The summed E-state index contributed by atoms with van der Waals surface area (Å²) < 4.78 is 45.0. The fourth-order valence-electron chi connectivity index (χ4n) is 3.46. The lowest BCUT2D eigenvalue weighted by molar-refractivity contribution is -0.137. The molecule has 0 spiro atoms. The van der Waals surface area contributed by atoms with Crippen molar-refractivity contribution in [2.24, 2.45) is 4.99 Å². The van der Waals surface area contributed by atoms with Crippen LogP contribution < -0.4 is 10.6 Å². The highest BCUT2D eigenvalue weighted by atomic mass is 127. The lowest BCUT2D eigenvalue weighted by Gasteiger charge is -2.35. The molecule has 1 aliphatic rings. The zero-order valence-electron chi connectivity index (χ0n) is 18.5. The molecule has 1 unspecified atom stereocenters. The van der Waals surface area contributed by atoms with Gasteiger partial charge in [-0.05, 0) is 42.3 Å². The van der Waals surface area contributed by atoms with Crippen molar-refractivity contribution in [1.82, 2.24) is 15.5 Å². The molecule has 1 amide bonds. The van der Waals surface area contributed by atoms with Crippen LogP contribution >= 0.6 is 24.0 Å². The predicted octanol–water partition coefficient (Wildman–Crippen LogP) is 4.22.